The van der Waals surface area contributed by atoms with E-state index in [0.29, 0.717) is 6.04 Å². The van der Waals surface area contributed by atoms with E-state index in [-0.39, 0.29) is 0 Å². The van der Waals surface area contributed by atoms with Gasteiger partial charge >= 0.3 is 0 Å². The molecule has 86 valence electrons. The van der Waals surface area contributed by atoms with Crippen molar-refractivity contribution in [2.24, 2.45) is 0 Å². The Balaban J connectivity index is 2.53. The topological polar surface area (TPSA) is 3.24 Å². The third kappa shape index (κ3) is 3.89. The number of benzene rings is 1. The van der Waals surface area contributed by atoms with Crippen LogP contribution in [0.25, 0.3) is 0 Å². The lowest BCUT2D eigenvalue weighted by molar-refractivity contribution is 0.259. The number of rotatable bonds is 5. The van der Waals surface area contributed by atoms with Crippen LogP contribution < -0.4 is 0 Å². The molecular formula is C14H18ClN. The number of hydrogen-bond acceptors (Lipinski definition) is 1. The van der Waals surface area contributed by atoms with E-state index in [1.165, 1.54) is 5.56 Å². The second-order valence-electron chi connectivity index (χ2n) is 4.02. The van der Waals surface area contributed by atoms with Gasteiger partial charge in [0.15, 0.2) is 0 Å². The predicted molar refractivity (Wildman–Crippen MR) is 70.6 cm³/mol. The maximum Gasteiger partial charge on any atom is 0.0406 e. The Morgan fingerprint density at radius 1 is 1.38 bits per heavy atom. The van der Waals surface area contributed by atoms with Crippen LogP contribution >= 0.6 is 11.6 Å². The monoisotopic (exact) mass is 235 g/mol. The van der Waals surface area contributed by atoms with E-state index in [1.54, 1.807) is 0 Å². The lowest BCUT2D eigenvalue weighted by Gasteiger charge is -2.24. The summed E-state index contributed by atoms with van der Waals surface area (Å²) in [5.41, 5.74) is 1.28. The van der Waals surface area contributed by atoms with E-state index >= 15 is 0 Å². The fraction of sp³-hybridized carbons (Fsp3) is 0.429. The molecule has 0 aliphatic carbocycles. The first-order valence-electron chi connectivity index (χ1n) is 5.54. The van der Waals surface area contributed by atoms with E-state index in [0.717, 1.165) is 24.4 Å². The van der Waals surface area contributed by atoms with Gasteiger partial charge in [0, 0.05) is 17.5 Å². The molecule has 2 heteroatoms. The molecule has 1 rings (SSSR count). The molecule has 1 nitrogen and oxygen atoms in total. The number of terminal acetylenes is 1. The van der Waals surface area contributed by atoms with Crippen molar-refractivity contribution in [3.8, 4) is 12.3 Å². The van der Waals surface area contributed by atoms with Crippen LogP contribution in [0.5, 0.6) is 0 Å². The predicted octanol–water partition coefficient (Wildman–Crippen LogP) is 3.75. The van der Waals surface area contributed by atoms with Gasteiger partial charge in [0.05, 0.1) is 0 Å². The highest BCUT2D eigenvalue weighted by molar-refractivity contribution is 6.30. The van der Waals surface area contributed by atoms with Crippen molar-refractivity contribution in [1.29, 1.82) is 0 Å². The Morgan fingerprint density at radius 2 is 2.00 bits per heavy atom. The highest BCUT2D eigenvalue weighted by atomic mass is 35.5. The smallest absolute Gasteiger partial charge is 0.0406 e. The highest BCUT2D eigenvalue weighted by Crippen LogP contribution is 2.20. The molecule has 1 aromatic rings. The summed E-state index contributed by atoms with van der Waals surface area (Å²) in [5.74, 6) is 2.67. The summed E-state index contributed by atoms with van der Waals surface area (Å²) in [5, 5.41) is 0.783. The zero-order valence-corrected chi connectivity index (χ0v) is 10.7. The van der Waals surface area contributed by atoms with Crippen LogP contribution in [-0.4, -0.2) is 18.5 Å². The Kier molecular flexibility index (Phi) is 5.38. The van der Waals surface area contributed by atoms with Gasteiger partial charge in [0.25, 0.3) is 0 Å². The number of unbranched alkanes of at least 4 members (excludes halogenated alkanes) is 1. The summed E-state index contributed by atoms with van der Waals surface area (Å²) in [6.07, 6.45) is 7.13. The first-order valence-corrected chi connectivity index (χ1v) is 5.92. The van der Waals surface area contributed by atoms with Crippen molar-refractivity contribution in [3.63, 3.8) is 0 Å². The SMILES string of the molecule is C#CCCCN(C)C(C)c1ccc(Cl)cc1. The van der Waals surface area contributed by atoms with Crippen molar-refractivity contribution < 1.29 is 0 Å². The molecule has 1 aromatic carbocycles. The minimum Gasteiger partial charge on any atom is -0.300 e. The van der Waals surface area contributed by atoms with Crippen LogP contribution in [0.3, 0.4) is 0 Å². The van der Waals surface area contributed by atoms with Crippen molar-refractivity contribution >= 4 is 11.6 Å². The molecule has 0 saturated carbocycles. The zero-order chi connectivity index (χ0) is 12.0. The van der Waals surface area contributed by atoms with Gasteiger partial charge in [-0.3, -0.25) is 4.90 Å². The molecule has 16 heavy (non-hydrogen) atoms. The third-order valence-corrected chi connectivity index (χ3v) is 3.10. The molecular weight excluding hydrogens is 218 g/mol. The first kappa shape index (κ1) is 13.1. The van der Waals surface area contributed by atoms with Gasteiger partial charge in [0.2, 0.25) is 0 Å². The maximum atomic E-state index is 5.86. The summed E-state index contributed by atoms with van der Waals surface area (Å²) in [6.45, 7) is 3.22. The Morgan fingerprint density at radius 3 is 2.56 bits per heavy atom. The molecule has 0 aromatic heterocycles. The normalized spacial score (nSPS) is 12.4. The zero-order valence-electron chi connectivity index (χ0n) is 9.91. The van der Waals surface area contributed by atoms with Crippen LogP contribution in [0.2, 0.25) is 5.02 Å². The van der Waals surface area contributed by atoms with Gasteiger partial charge < -0.3 is 0 Å². The van der Waals surface area contributed by atoms with Crippen LogP contribution in [0.15, 0.2) is 24.3 Å². The van der Waals surface area contributed by atoms with Crippen LogP contribution in [0.4, 0.5) is 0 Å². The standard InChI is InChI=1S/C14H18ClN/c1-4-5-6-11-16(3)12(2)13-7-9-14(15)10-8-13/h1,7-10,12H,5-6,11H2,2-3H3. The van der Waals surface area contributed by atoms with Gasteiger partial charge in [0.1, 0.15) is 0 Å². The van der Waals surface area contributed by atoms with Gasteiger partial charge in [-0.1, -0.05) is 23.7 Å². The summed E-state index contributed by atoms with van der Waals surface area (Å²) in [4.78, 5) is 2.31. The Hall–Kier alpha value is -0.970. The molecule has 0 spiro atoms. The maximum absolute atomic E-state index is 5.86. The third-order valence-electron chi connectivity index (χ3n) is 2.85. The Bertz CT molecular complexity index is 350. The van der Waals surface area contributed by atoms with Crippen LogP contribution in [0, 0.1) is 12.3 Å². The number of halogens is 1. The Labute approximate surface area is 103 Å². The summed E-state index contributed by atoms with van der Waals surface area (Å²) in [7, 11) is 2.12. The second kappa shape index (κ2) is 6.58. The molecule has 0 heterocycles. The fourth-order valence-electron chi connectivity index (χ4n) is 1.62. The van der Waals surface area contributed by atoms with E-state index in [2.05, 4.69) is 36.9 Å². The number of nitrogens with zero attached hydrogens (tertiary/aromatic N) is 1. The molecule has 1 unspecified atom stereocenters. The van der Waals surface area contributed by atoms with Crippen LogP contribution in [-0.2, 0) is 0 Å². The van der Waals surface area contributed by atoms with Gasteiger partial charge in [-0.25, -0.2) is 0 Å². The van der Waals surface area contributed by atoms with Crippen molar-refractivity contribution in [2.75, 3.05) is 13.6 Å². The average Bonchev–Trinajstić information content (AvgIpc) is 2.29. The molecule has 0 radical (unpaired) electrons. The van der Waals surface area contributed by atoms with Crippen molar-refractivity contribution in [2.45, 2.75) is 25.8 Å². The molecule has 1 atom stereocenters. The quantitative estimate of drug-likeness (QED) is 0.555. The first-order chi connectivity index (χ1) is 7.65. The van der Waals surface area contributed by atoms with E-state index in [4.69, 9.17) is 18.0 Å². The van der Waals surface area contributed by atoms with Crippen LogP contribution in [0.1, 0.15) is 31.4 Å². The molecule has 0 bridgehead atoms. The van der Waals surface area contributed by atoms with Gasteiger partial charge in [-0.15, -0.1) is 12.3 Å². The lowest BCUT2D eigenvalue weighted by atomic mass is 10.1. The van der Waals surface area contributed by atoms with E-state index in [9.17, 15) is 0 Å². The summed E-state index contributed by atoms with van der Waals surface area (Å²) >= 11 is 5.86. The largest absolute Gasteiger partial charge is 0.300 e. The van der Waals surface area contributed by atoms with Gasteiger partial charge in [-0.05, 0) is 44.6 Å². The van der Waals surface area contributed by atoms with E-state index < -0.39 is 0 Å². The summed E-state index contributed by atoms with van der Waals surface area (Å²) < 4.78 is 0. The van der Waals surface area contributed by atoms with E-state index in [1.807, 2.05) is 12.1 Å². The van der Waals surface area contributed by atoms with Crippen molar-refractivity contribution in [1.82, 2.24) is 4.90 Å². The molecule has 0 amide bonds. The second-order valence-corrected chi connectivity index (χ2v) is 4.45. The summed E-state index contributed by atoms with van der Waals surface area (Å²) in [6, 6.07) is 8.41. The van der Waals surface area contributed by atoms with Gasteiger partial charge in [-0.2, -0.15) is 0 Å². The molecule has 0 aliphatic rings. The molecule has 0 aliphatic heterocycles. The minimum absolute atomic E-state index is 0.398. The molecule has 0 N–H and O–H groups in total. The molecule has 0 saturated heterocycles. The highest BCUT2D eigenvalue weighted by Gasteiger charge is 2.10. The fourth-order valence-corrected chi connectivity index (χ4v) is 1.75. The average molecular weight is 236 g/mol. The lowest BCUT2D eigenvalue weighted by Crippen LogP contribution is -2.23. The number of hydrogen-bond donors (Lipinski definition) is 0. The molecule has 0 fully saturated rings. The minimum atomic E-state index is 0.398. The van der Waals surface area contributed by atoms with Crippen molar-refractivity contribution in [3.05, 3.63) is 34.9 Å².